The number of aryl methyl sites for hydroxylation is 2. The zero-order valence-corrected chi connectivity index (χ0v) is 23.5. The van der Waals surface area contributed by atoms with E-state index in [9.17, 15) is 10.1 Å². The molecule has 0 saturated heterocycles. The van der Waals surface area contributed by atoms with Crippen molar-refractivity contribution in [1.82, 2.24) is 9.55 Å². The summed E-state index contributed by atoms with van der Waals surface area (Å²) in [7, 11) is 3.65. The topological polar surface area (TPSA) is 83.6 Å². The van der Waals surface area contributed by atoms with Gasteiger partial charge in [-0.1, -0.05) is 18.0 Å². The normalized spacial score (nSPS) is 20.5. The van der Waals surface area contributed by atoms with E-state index in [-0.39, 0.29) is 24.0 Å². The van der Waals surface area contributed by atoms with Crippen LogP contribution in [0, 0.1) is 24.2 Å². The van der Waals surface area contributed by atoms with Crippen molar-refractivity contribution in [1.29, 1.82) is 5.26 Å². The Morgan fingerprint density at radius 3 is 2.46 bits per heavy atom. The quantitative estimate of drug-likeness (QED) is 0.374. The maximum absolute atomic E-state index is 13.1. The first-order valence-corrected chi connectivity index (χ1v) is 14.2. The van der Waals surface area contributed by atoms with Crippen LogP contribution in [0.3, 0.4) is 0 Å². The first-order valence-electron chi connectivity index (χ1n) is 13.8. The molecule has 39 heavy (non-hydrogen) atoms. The van der Waals surface area contributed by atoms with Crippen molar-refractivity contribution < 1.29 is 9.47 Å². The molecule has 0 amide bonds. The van der Waals surface area contributed by atoms with Crippen molar-refractivity contribution >= 4 is 34.0 Å². The summed E-state index contributed by atoms with van der Waals surface area (Å²) in [6.07, 6.45) is 7.85. The molecule has 0 atom stereocenters. The fourth-order valence-corrected chi connectivity index (χ4v) is 6.64. The Hall–Kier alpha value is -3.44. The molecule has 2 aliphatic carbocycles. The highest BCUT2D eigenvalue weighted by molar-refractivity contribution is 6.29. The van der Waals surface area contributed by atoms with Crippen molar-refractivity contribution in [3.8, 4) is 17.6 Å². The van der Waals surface area contributed by atoms with Gasteiger partial charge in [-0.05, 0) is 75.1 Å². The van der Waals surface area contributed by atoms with Crippen molar-refractivity contribution in [3.05, 3.63) is 50.9 Å². The van der Waals surface area contributed by atoms with Gasteiger partial charge in [0.05, 0.1) is 11.2 Å². The van der Waals surface area contributed by atoms with E-state index in [0.717, 1.165) is 49.6 Å². The molecule has 2 saturated carbocycles. The summed E-state index contributed by atoms with van der Waals surface area (Å²) < 4.78 is 12.8. The standard InChI is InChI=1S/C30H34ClN5O3/c1-18-13-25-26(39-17-38-25)14-24(18)36(16-19-5-4-6-19)21-9-7-20(8-10-21)34(2)29-22(15-32)30(37)35(3)23-11-12-27(31)33-28(23)29/h11-14,19-21H,4-10,16-17H2,1-3H3/t20-,21+. The van der Waals surface area contributed by atoms with E-state index in [0.29, 0.717) is 27.9 Å². The van der Waals surface area contributed by atoms with E-state index in [2.05, 4.69) is 39.9 Å². The largest absolute Gasteiger partial charge is 0.454 e. The second kappa shape index (κ2) is 10.3. The molecule has 2 fully saturated rings. The minimum absolute atomic E-state index is 0.118. The molecule has 9 heteroatoms. The lowest BCUT2D eigenvalue weighted by Crippen LogP contribution is -2.46. The molecule has 0 bridgehead atoms. The molecule has 1 aromatic carbocycles. The number of nitriles is 1. The van der Waals surface area contributed by atoms with Gasteiger partial charge in [-0.15, -0.1) is 0 Å². The number of nitrogens with zero attached hydrogens (tertiary/aromatic N) is 5. The maximum Gasteiger partial charge on any atom is 0.270 e. The van der Waals surface area contributed by atoms with Gasteiger partial charge in [-0.25, -0.2) is 4.98 Å². The first-order chi connectivity index (χ1) is 18.9. The molecular weight excluding hydrogens is 514 g/mol. The van der Waals surface area contributed by atoms with Crippen LogP contribution in [-0.4, -0.2) is 42.0 Å². The van der Waals surface area contributed by atoms with Gasteiger partial charge in [0.2, 0.25) is 6.79 Å². The van der Waals surface area contributed by atoms with Crippen LogP contribution in [0.2, 0.25) is 5.15 Å². The van der Waals surface area contributed by atoms with Crippen LogP contribution in [0.5, 0.6) is 11.5 Å². The Morgan fingerprint density at radius 1 is 1.10 bits per heavy atom. The first kappa shape index (κ1) is 25.8. The predicted octanol–water partition coefficient (Wildman–Crippen LogP) is 5.55. The van der Waals surface area contributed by atoms with E-state index < -0.39 is 0 Å². The number of fused-ring (bicyclic) bond motifs is 2. The van der Waals surface area contributed by atoms with E-state index in [1.807, 2.05) is 7.05 Å². The van der Waals surface area contributed by atoms with Gasteiger partial charge in [0.1, 0.15) is 22.3 Å². The number of halogens is 1. The number of benzene rings is 1. The molecule has 3 heterocycles. The summed E-state index contributed by atoms with van der Waals surface area (Å²) in [5, 5.41) is 10.3. The fourth-order valence-electron chi connectivity index (χ4n) is 6.49. The maximum atomic E-state index is 13.1. The zero-order chi connectivity index (χ0) is 27.3. The minimum atomic E-state index is -0.311. The van der Waals surface area contributed by atoms with Gasteiger partial charge in [0, 0.05) is 44.5 Å². The van der Waals surface area contributed by atoms with Crippen LogP contribution < -0.4 is 24.8 Å². The Kier molecular flexibility index (Phi) is 6.80. The number of hydrogen-bond acceptors (Lipinski definition) is 7. The average Bonchev–Trinajstić information content (AvgIpc) is 3.36. The monoisotopic (exact) mass is 547 g/mol. The van der Waals surface area contributed by atoms with Crippen LogP contribution in [0.4, 0.5) is 11.4 Å². The highest BCUT2D eigenvalue weighted by atomic mass is 35.5. The van der Waals surface area contributed by atoms with Crippen molar-refractivity contribution in [2.75, 3.05) is 30.2 Å². The Morgan fingerprint density at radius 2 is 1.79 bits per heavy atom. The van der Waals surface area contributed by atoms with Gasteiger partial charge in [-0.3, -0.25) is 4.79 Å². The Labute approximate surface area is 233 Å². The van der Waals surface area contributed by atoms with E-state index in [1.54, 1.807) is 19.2 Å². The van der Waals surface area contributed by atoms with Crippen LogP contribution in [-0.2, 0) is 7.05 Å². The highest BCUT2D eigenvalue weighted by Gasteiger charge is 2.34. The van der Waals surface area contributed by atoms with Gasteiger partial charge >= 0.3 is 0 Å². The second-order valence-electron chi connectivity index (χ2n) is 11.2. The van der Waals surface area contributed by atoms with E-state index in [1.165, 1.54) is 35.1 Å². The molecule has 3 aromatic rings. The predicted molar refractivity (Wildman–Crippen MR) is 153 cm³/mol. The molecule has 2 aromatic heterocycles. The summed E-state index contributed by atoms with van der Waals surface area (Å²) in [6, 6.07) is 10.5. The third kappa shape index (κ3) is 4.57. The smallest absolute Gasteiger partial charge is 0.270 e. The van der Waals surface area contributed by atoms with Gasteiger partial charge in [0.15, 0.2) is 11.5 Å². The molecule has 204 valence electrons. The summed E-state index contributed by atoms with van der Waals surface area (Å²) in [4.78, 5) is 22.4. The lowest BCUT2D eigenvalue weighted by Gasteiger charge is -2.44. The van der Waals surface area contributed by atoms with E-state index >= 15 is 0 Å². The number of hydrogen-bond donors (Lipinski definition) is 0. The van der Waals surface area contributed by atoms with Crippen LogP contribution in [0.15, 0.2) is 29.1 Å². The molecule has 1 aliphatic heterocycles. The number of aromatic nitrogens is 2. The molecule has 3 aliphatic rings. The minimum Gasteiger partial charge on any atom is -0.454 e. The average molecular weight is 548 g/mol. The van der Waals surface area contributed by atoms with Gasteiger partial charge in [0.25, 0.3) is 5.56 Å². The molecular formula is C30H34ClN5O3. The van der Waals surface area contributed by atoms with Gasteiger partial charge in [-0.2, -0.15) is 5.26 Å². The number of anilines is 2. The summed E-state index contributed by atoms with van der Waals surface area (Å²) in [5.74, 6) is 2.39. The molecule has 0 unspecified atom stereocenters. The summed E-state index contributed by atoms with van der Waals surface area (Å²) >= 11 is 6.26. The third-order valence-corrected chi connectivity index (χ3v) is 9.19. The highest BCUT2D eigenvalue weighted by Crippen LogP contribution is 2.42. The molecule has 0 spiro atoms. The van der Waals surface area contributed by atoms with E-state index in [4.69, 9.17) is 21.1 Å². The molecule has 0 N–H and O–H groups in total. The van der Waals surface area contributed by atoms with Crippen LogP contribution >= 0.6 is 11.6 Å². The number of pyridine rings is 2. The lowest BCUT2D eigenvalue weighted by atomic mass is 9.83. The third-order valence-electron chi connectivity index (χ3n) is 8.98. The fraction of sp³-hybridized carbons (Fsp3) is 0.500. The molecule has 8 nitrogen and oxygen atoms in total. The summed E-state index contributed by atoms with van der Waals surface area (Å²) in [5.41, 5.74) is 4.11. The number of ether oxygens (including phenoxy) is 2. The summed E-state index contributed by atoms with van der Waals surface area (Å²) in [6.45, 7) is 3.50. The van der Waals surface area contributed by atoms with Crippen molar-refractivity contribution in [3.63, 3.8) is 0 Å². The Bertz CT molecular complexity index is 1520. The van der Waals surface area contributed by atoms with Crippen molar-refractivity contribution in [2.24, 2.45) is 13.0 Å². The zero-order valence-electron chi connectivity index (χ0n) is 22.7. The Balaban J connectivity index is 1.28. The number of rotatable bonds is 6. The van der Waals surface area contributed by atoms with Crippen LogP contribution in [0.25, 0.3) is 11.0 Å². The second-order valence-corrected chi connectivity index (χ2v) is 11.6. The van der Waals surface area contributed by atoms with Crippen molar-refractivity contribution in [2.45, 2.75) is 64.0 Å². The molecule has 0 radical (unpaired) electrons. The van der Waals surface area contributed by atoms with Crippen LogP contribution in [0.1, 0.15) is 56.1 Å². The van der Waals surface area contributed by atoms with Gasteiger partial charge < -0.3 is 23.8 Å². The lowest BCUT2D eigenvalue weighted by molar-refractivity contribution is 0.174. The molecule has 6 rings (SSSR count). The SMILES string of the molecule is Cc1cc2c(cc1N(CC1CCC1)[C@H]1CC[C@@H](N(C)c3c(C#N)c(=O)n(C)c4ccc(Cl)nc34)CC1)OCO2.